The summed E-state index contributed by atoms with van der Waals surface area (Å²) in [5.41, 5.74) is 4.64. The molecule has 1 unspecified atom stereocenters. The second kappa shape index (κ2) is 2.57. The summed E-state index contributed by atoms with van der Waals surface area (Å²) in [5.74, 6) is 0. The fourth-order valence-corrected chi connectivity index (χ4v) is 0.731. The Morgan fingerprint density at radius 2 is 2.00 bits per heavy atom. The van der Waals surface area contributed by atoms with Gasteiger partial charge in [-0.1, -0.05) is 0 Å². The lowest BCUT2D eigenvalue weighted by atomic mass is 10.7. The molecule has 0 aliphatic carbocycles. The van der Waals surface area contributed by atoms with E-state index >= 15 is 0 Å². The van der Waals surface area contributed by atoms with Crippen LogP contribution in [0, 0.1) is 0 Å². The monoisotopic (exact) mass is 141 g/mol. The Labute approximate surface area is 46.3 Å². The molecule has 5 nitrogen and oxygen atoms in total. The fourth-order valence-electron chi connectivity index (χ4n) is 0.244. The Balaban J connectivity index is 3.56. The molecule has 5 N–H and O–H groups in total. The van der Waals surface area contributed by atoms with Crippen molar-refractivity contribution >= 4 is 7.60 Å². The van der Waals surface area contributed by atoms with Gasteiger partial charge in [-0.25, -0.2) is 0 Å². The topological polar surface area (TPSA) is 104 Å². The van der Waals surface area contributed by atoms with Crippen LogP contribution in [0.3, 0.4) is 0 Å². The van der Waals surface area contributed by atoms with E-state index in [0.717, 1.165) is 0 Å². The van der Waals surface area contributed by atoms with Gasteiger partial charge in [-0.2, -0.15) is 0 Å². The van der Waals surface area contributed by atoms with Crippen LogP contribution >= 0.6 is 7.60 Å². The molecule has 0 aromatic carbocycles. The van der Waals surface area contributed by atoms with Crippen LogP contribution in [0.4, 0.5) is 0 Å². The minimum absolute atomic E-state index is 0.674. The Morgan fingerprint density at radius 3 is 2.00 bits per heavy atom. The van der Waals surface area contributed by atoms with Gasteiger partial charge in [-0.3, -0.25) is 4.57 Å². The maximum Gasteiger partial charge on any atom is 0.329 e. The molecule has 8 heavy (non-hydrogen) atoms. The SMILES string of the molecule is NC(O)CP(=O)(O)O. The summed E-state index contributed by atoms with van der Waals surface area (Å²) >= 11 is 0. The predicted molar refractivity (Wildman–Crippen MR) is 27.1 cm³/mol. The third-order valence-electron chi connectivity index (χ3n) is 0.425. The van der Waals surface area contributed by atoms with Crippen molar-refractivity contribution in [1.82, 2.24) is 0 Å². The van der Waals surface area contributed by atoms with Gasteiger partial charge in [0.1, 0.15) is 6.23 Å². The standard InChI is InChI=1S/C2H8NO4P/c3-2(4)1-8(5,6)7/h2,4H,1,3H2,(H2,5,6,7). The quantitative estimate of drug-likeness (QED) is 0.275. The lowest BCUT2D eigenvalue weighted by Gasteiger charge is -2.03. The average molecular weight is 141 g/mol. The summed E-state index contributed by atoms with van der Waals surface area (Å²) in [7, 11) is -4.10. The van der Waals surface area contributed by atoms with Gasteiger partial charge in [-0.05, 0) is 0 Å². The predicted octanol–water partition coefficient (Wildman–Crippen LogP) is -1.56. The van der Waals surface area contributed by atoms with Crippen molar-refractivity contribution in [1.29, 1.82) is 0 Å². The Morgan fingerprint density at radius 1 is 1.62 bits per heavy atom. The molecule has 0 aromatic heterocycles. The van der Waals surface area contributed by atoms with Crippen LogP contribution in [0.15, 0.2) is 0 Å². The molecule has 0 saturated carbocycles. The minimum atomic E-state index is -4.10. The van der Waals surface area contributed by atoms with Crippen LogP contribution in [0.1, 0.15) is 0 Å². The van der Waals surface area contributed by atoms with Crippen molar-refractivity contribution in [2.45, 2.75) is 6.23 Å². The van der Waals surface area contributed by atoms with Crippen molar-refractivity contribution in [3.8, 4) is 0 Å². The zero-order valence-corrected chi connectivity index (χ0v) is 4.95. The molecule has 0 amide bonds. The summed E-state index contributed by atoms with van der Waals surface area (Å²) in [5, 5.41) is 8.17. The van der Waals surface area contributed by atoms with E-state index in [-0.39, 0.29) is 0 Å². The summed E-state index contributed by atoms with van der Waals surface area (Å²) in [6, 6.07) is 0. The van der Waals surface area contributed by atoms with Gasteiger partial charge >= 0.3 is 7.60 Å². The third-order valence-corrected chi connectivity index (χ3v) is 1.27. The van der Waals surface area contributed by atoms with Crippen LogP contribution in [-0.4, -0.2) is 27.3 Å². The molecular weight excluding hydrogens is 133 g/mol. The highest BCUT2D eigenvalue weighted by Crippen LogP contribution is 2.33. The molecule has 0 aliphatic heterocycles. The lowest BCUT2D eigenvalue weighted by Crippen LogP contribution is -2.23. The molecule has 0 spiro atoms. The molecule has 6 heteroatoms. The summed E-state index contributed by atoms with van der Waals surface area (Å²) in [6.07, 6.45) is -2.09. The first-order valence-corrected chi connectivity index (χ1v) is 3.70. The normalized spacial score (nSPS) is 16.0. The van der Waals surface area contributed by atoms with E-state index in [1.54, 1.807) is 0 Å². The number of hydrogen-bond donors (Lipinski definition) is 4. The van der Waals surface area contributed by atoms with E-state index in [1.165, 1.54) is 0 Å². The van der Waals surface area contributed by atoms with E-state index in [9.17, 15) is 4.57 Å². The maximum atomic E-state index is 9.90. The molecular formula is C2H8NO4P. The molecule has 0 fully saturated rings. The number of nitrogens with two attached hydrogens (primary N) is 1. The van der Waals surface area contributed by atoms with Gasteiger partial charge in [0, 0.05) is 0 Å². The van der Waals surface area contributed by atoms with E-state index in [1.807, 2.05) is 0 Å². The zero-order valence-electron chi connectivity index (χ0n) is 4.06. The van der Waals surface area contributed by atoms with Gasteiger partial charge in [0.05, 0.1) is 6.16 Å². The zero-order chi connectivity index (χ0) is 6.78. The third kappa shape index (κ3) is 6.07. The first kappa shape index (κ1) is 8.07. The van der Waals surface area contributed by atoms with Crippen molar-refractivity contribution in [3.63, 3.8) is 0 Å². The number of hydrogen-bond acceptors (Lipinski definition) is 3. The Kier molecular flexibility index (Phi) is 2.59. The number of rotatable bonds is 2. The van der Waals surface area contributed by atoms with Gasteiger partial charge in [0.15, 0.2) is 0 Å². The highest BCUT2D eigenvalue weighted by molar-refractivity contribution is 7.51. The largest absolute Gasteiger partial charge is 0.378 e. The fraction of sp³-hybridized carbons (Fsp3) is 1.00. The summed E-state index contributed by atoms with van der Waals surface area (Å²) in [4.78, 5) is 16.1. The van der Waals surface area contributed by atoms with E-state index < -0.39 is 20.0 Å². The molecule has 50 valence electrons. The molecule has 0 rings (SSSR count). The van der Waals surface area contributed by atoms with Crippen LogP contribution in [0.5, 0.6) is 0 Å². The molecule has 0 heterocycles. The van der Waals surface area contributed by atoms with E-state index in [2.05, 4.69) is 5.73 Å². The van der Waals surface area contributed by atoms with Gasteiger partial charge in [0.2, 0.25) is 0 Å². The van der Waals surface area contributed by atoms with Crippen LogP contribution in [0.2, 0.25) is 0 Å². The second-order valence-electron chi connectivity index (χ2n) is 1.41. The molecule has 0 saturated heterocycles. The number of aliphatic hydroxyl groups is 1. The van der Waals surface area contributed by atoms with Crippen molar-refractivity contribution in [2.24, 2.45) is 5.73 Å². The first-order valence-electron chi connectivity index (χ1n) is 1.90. The Bertz CT molecular complexity index is 107. The van der Waals surface area contributed by atoms with Crippen molar-refractivity contribution < 1.29 is 19.5 Å². The van der Waals surface area contributed by atoms with Crippen molar-refractivity contribution in [2.75, 3.05) is 6.16 Å². The molecule has 0 bridgehead atoms. The van der Waals surface area contributed by atoms with Crippen LogP contribution in [-0.2, 0) is 4.57 Å². The highest BCUT2D eigenvalue weighted by atomic mass is 31.2. The smallest absolute Gasteiger partial charge is 0.329 e. The molecule has 0 aliphatic rings. The first-order chi connectivity index (χ1) is 3.42. The molecule has 0 radical (unpaired) electrons. The molecule has 1 atom stereocenters. The van der Waals surface area contributed by atoms with E-state index in [0.29, 0.717) is 0 Å². The minimum Gasteiger partial charge on any atom is -0.378 e. The van der Waals surface area contributed by atoms with Gasteiger partial charge < -0.3 is 20.6 Å². The van der Waals surface area contributed by atoms with Crippen LogP contribution in [0.25, 0.3) is 0 Å². The number of aliphatic hydroxyl groups excluding tert-OH is 1. The van der Waals surface area contributed by atoms with E-state index in [4.69, 9.17) is 14.9 Å². The van der Waals surface area contributed by atoms with Gasteiger partial charge in [0.25, 0.3) is 0 Å². The molecule has 0 aromatic rings. The lowest BCUT2D eigenvalue weighted by molar-refractivity contribution is 0.196. The maximum absolute atomic E-state index is 9.90. The van der Waals surface area contributed by atoms with Crippen LogP contribution < -0.4 is 5.73 Å². The van der Waals surface area contributed by atoms with Crippen molar-refractivity contribution in [3.05, 3.63) is 0 Å². The average Bonchev–Trinajstić information content (AvgIpc) is 1.21. The summed E-state index contributed by atoms with van der Waals surface area (Å²) in [6.45, 7) is 0. The Hall–Kier alpha value is 0.0700. The highest BCUT2D eigenvalue weighted by Gasteiger charge is 2.15. The summed E-state index contributed by atoms with van der Waals surface area (Å²) < 4.78 is 9.90. The van der Waals surface area contributed by atoms with Gasteiger partial charge in [-0.15, -0.1) is 0 Å². The second-order valence-corrected chi connectivity index (χ2v) is 3.11.